The van der Waals surface area contributed by atoms with Crippen molar-refractivity contribution in [3.8, 4) is 23.0 Å². The lowest BCUT2D eigenvalue weighted by atomic mass is 9.97. The normalized spacial score (nSPS) is 14.8. The van der Waals surface area contributed by atoms with Crippen molar-refractivity contribution in [1.29, 1.82) is 0 Å². The number of aromatic nitrogens is 1. The predicted molar refractivity (Wildman–Crippen MR) is 183 cm³/mol. The van der Waals surface area contributed by atoms with E-state index in [4.69, 9.17) is 18.9 Å². The first kappa shape index (κ1) is 34.7. The fourth-order valence-electron chi connectivity index (χ4n) is 6.16. The van der Waals surface area contributed by atoms with Gasteiger partial charge in [0, 0.05) is 62.6 Å². The minimum Gasteiger partial charge on any atom is -0.496 e. The van der Waals surface area contributed by atoms with Crippen LogP contribution >= 0.6 is 0 Å². The Bertz CT molecular complexity index is 1430. The molecule has 1 fully saturated rings. The minimum absolute atomic E-state index is 0.735. The van der Waals surface area contributed by atoms with E-state index in [0.717, 1.165) is 89.9 Å². The van der Waals surface area contributed by atoms with E-state index in [1.807, 2.05) is 6.07 Å². The van der Waals surface area contributed by atoms with Crippen molar-refractivity contribution in [2.24, 2.45) is 0 Å². The number of ether oxygens (including phenoxy) is 5. The van der Waals surface area contributed by atoms with Crippen molar-refractivity contribution in [1.82, 2.24) is 9.88 Å². The summed E-state index contributed by atoms with van der Waals surface area (Å²) < 4.78 is 27.0. The van der Waals surface area contributed by atoms with Gasteiger partial charge in [0.2, 0.25) is 0 Å². The predicted octanol–water partition coefficient (Wildman–Crippen LogP) is 7.64. The summed E-state index contributed by atoms with van der Waals surface area (Å²) in [6.07, 6.45) is 8.95. The van der Waals surface area contributed by atoms with Crippen LogP contribution in [0.2, 0.25) is 0 Å². The molecule has 1 aliphatic heterocycles. The molecule has 2 heterocycles. The van der Waals surface area contributed by atoms with Gasteiger partial charge in [0.15, 0.2) is 11.5 Å². The molecule has 3 aromatic rings. The average molecular weight is 608 g/mol. The van der Waals surface area contributed by atoms with Gasteiger partial charge in [-0.1, -0.05) is 13.0 Å². The third kappa shape index (κ3) is 7.83. The first-order valence-corrected chi connectivity index (χ1v) is 15.5. The maximum Gasteiger partial charge on any atom is 0.184 e. The summed E-state index contributed by atoms with van der Waals surface area (Å²) in [7, 11) is 10.1. The van der Waals surface area contributed by atoms with E-state index in [-0.39, 0.29) is 0 Å². The van der Waals surface area contributed by atoms with Gasteiger partial charge in [-0.3, -0.25) is 0 Å². The first-order chi connectivity index (χ1) is 21.3. The maximum atomic E-state index is 5.82. The van der Waals surface area contributed by atoms with Gasteiger partial charge >= 0.3 is 0 Å². The molecule has 4 rings (SSSR count). The molecule has 1 saturated heterocycles. The molecule has 0 bridgehead atoms. The number of fused-ring (bicyclic) bond motifs is 1. The molecular formula is C36H53N3O5. The van der Waals surface area contributed by atoms with Crippen LogP contribution in [-0.2, 0) is 11.2 Å². The Morgan fingerprint density at radius 1 is 0.841 bits per heavy atom. The highest BCUT2D eigenvalue weighted by Gasteiger charge is 2.20. The van der Waals surface area contributed by atoms with E-state index in [1.54, 1.807) is 42.7 Å². The largest absolute Gasteiger partial charge is 0.496 e. The third-order valence-corrected chi connectivity index (χ3v) is 8.25. The molecule has 0 amide bonds. The average Bonchev–Trinajstić information content (AvgIpc) is 3.50. The summed E-state index contributed by atoms with van der Waals surface area (Å²) in [5.74, 6) is 4.37. The molecule has 2 aromatic carbocycles. The first-order valence-electron chi connectivity index (χ1n) is 15.5. The van der Waals surface area contributed by atoms with Crippen LogP contribution < -0.4 is 23.8 Å². The summed E-state index contributed by atoms with van der Waals surface area (Å²) in [6, 6.07) is 8.43. The fourth-order valence-corrected chi connectivity index (χ4v) is 6.16. The number of hydrogen-bond acceptors (Lipinski definition) is 7. The van der Waals surface area contributed by atoms with E-state index >= 15 is 0 Å². The van der Waals surface area contributed by atoms with Crippen LogP contribution in [0.4, 0.5) is 5.82 Å². The van der Waals surface area contributed by atoms with Crippen LogP contribution in [-0.4, -0.2) is 78.7 Å². The van der Waals surface area contributed by atoms with Gasteiger partial charge in [-0.05, 0) is 87.9 Å². The number of nitrogens with one attached hydrogen (secondary N) is 1. The van der Waals surface area contributed by atoms with Crippen LogP contribution in [0, 0.1) is 6.92 Å². The molecule has 1 N–H and O–H groups in total. The monoisotopic (exact) mass is 607 g/mol. The molecule has 242 valence electrons. The van der Waals surface area contributed by atoms with Gasteiger partial charge in [-0.15, -0.1) is 0 Å². The van der Waals surface area contributed by atoms with Gasteiger partial charge in [0.1, 0.15) is 17.3 Å². The van der Waals surface area contributed by atoms with Crippen molar-refractivity contribution < 1.29 is 23.7 Å². The van der Waals surface area contributed by atoms with Crippen LogP contribution in [0.3, 0.4) is 0 Å². The quantitative estimate of drug-likeness (QED) is 0.251. The van der Waals surface area contributed by atoms with Gasteiger partial charge in [-0.25, -0.2) is 0 Å². The van der Waals surface area contributed by atoms with E-state index in [2.05, 4.69) is 77.6 Å². The topological polar surface area (TPSA) is 68.4 Å². The summed E-state index contributed by atoms with van der Waals surface area (Å²) in [5.41, 5.74) is 6.89. The minimum atomic E-state index is 0.735. The molecule has 0 aliphatic carbocycles. The Morgan fingerprint density at radius 3 is 2.14 bits per heavy atom. The second-order valence-electron chi connectivity index (χ2n) is 11.0. The third-order valence-electron chi connectivity index (χ3n) is 8.25. The number of rotatable bonds is 9. The van der Waals surface area contributed by atoms with Gasteiger partial charge in [0.25, 0.3) is 0 Å². The molecule has 8 nitrogen and oxygen atoms in total. The molecule has 0 spiro atoms. The summed E-state index contributed by atoms with van der Waals surface area (Å²) in [5, 5.41) is 1.12. The molecule has 8 heteroatoms. The molecular weight excluding hydrogens is 554 g/mol. The Hall–Kier alpha value is -3.78. The number of hydrogen-bond donors (Lipinski definition) is 1. The highest BCUT2D eigenvalue weighted by molar-refractivity contribution is 5.91. The fraction of sp³-hybridized carbons (Fsp3) is 0.500. The lowest BCUT2D eigenvalue weighted by Crippen LogP contribution is -2.35. The molecule has 0 unspecified atom stereocenters. The molecule has 1 aromatic heterocycles. The van der Waals surface area contributed by atoms with Crippen LogP contribution in [0.1, 0.15) is 56.7 Å². The highest BCUT2D eigenvalue weighted by Crippen LogP contribution is 2.38. The SMILES string of the molecule is C/C=C(\C(C)=C\c1cc(OC)c(C)c(OC)c1CC)N1CCCCCN(c2cc3ccc(OC)c(OC)c3[nH]2)CC1.COC. The van der Waals surface area contributed by atoms with E-state index in [1.165, 1.54) is 29.7 Å². The summed E-state index contributed by atoms with van der Waals surface area (Å²) in [4.78, 5) is 8.65. The Kier molecular flexibility index (Phi) is 13.3. The second kappa shape index (κ2) is 16.9. The smallest absolute Gasteiger partial charge is 0.184 e. The van der Waals surface area contributed by atoms with Crippen molar-refractivity contribution in [2.45, 2.75) is 53.4 Å². The molecule has 44 heavy (non-hydrogen) atoms. The van der Waals surface area contributed by atoms with E-state index < -0.39 is 0 Å². The van der Waals surface area contributed by atoms with Gasteiger partial charge in [0.05, 0.1) is 34.0 Å². The summed E-state index contributed by atoms with van der Waals surface area (Å²) in [6.45, 7) is 12.5. The standard InChI is InChI=1S/C34H47N3O4.C2H6O/c1-9-27-26(21-30(39-6)24(4)33(27)40-7)20-23(3)28(10-2)36-16-12-11-13-17-37(19-18-36)31-22-25-14-15-29(38-5)34(41-8)32(25)35-31;1-3-2/h10,14-15,20-22,35H,9,11-13,16-19H2,1-8H3;1-2H3/b23-20+,28-10+;. The number of methoxy groups -OCH3 is 5. The van der Waals surface area contributed by atoms with Crippen molar-refractivity contribution >= 4 is 22.8 Å². The second-order valence-corrected chi connectivity index (χ2v) is 11.0. The van der Waals surface area contributed by atoms with Crippen LogP contribution in [0.25, 0.3) is 17.0 Å². The molecule has 0 atom stereocenters. The zero-order chi connectivity index (χ0) is 32.2. The highest BCUT2D eigenvalue weighted by atomic mass is 16.5. The number of aromatic amines is 1. The zero-order valence-corrected chi connectivity index (χ0v) is 28.6. The number of allylic oxidation sites excluding steroid dienone is 2. The van der Waals surface area contributed by atoms with Crippen LogP contribution in [0.15, 0.2) is 41.6 Å². The maximum absolute atomic E-state index is 5.82. The van der Waals surface area contributed by atoms with E-state index in [9.17, 15) is 0 Å². The Morgan fingerprint density at radius 2 is 1.52 bits per heavy atom. The number of nitrogens with zero attached hydrogens (tertiary/aromatic N) is 2. The number of benzene rings is 2. The summed E-state index contributed by atoms with van der Waals surface area (Å²) >= 11 is 0. The van der Waals surface area contributed by atoms with Gasteiger partial charge in [-0.2, -0.15) is 0 Å². The van der Waals surface area contributed by atoms with Crippen molar-refractivity contribution in [3.63, 3.8) is 0 Å². The lowest BCUT2D eigenvalue weighted by Gasteiger charge is -2.30. The van der Waals surface area contributed by atoms with E-state index in [0.29, 0.717) is 0 Å². The van der Waals surface area contributed by atoms with Gasteiger partial charge < -0.3 is 38.5 Å². The van der Waals surface area contributed by atoms with Crippen LogP contribution in [0.5, 0.6) is 23.0 Å². The number of H-pyrrole nitrogens is 1. The number of anilines is 1. The van der Waals surface area contributed by atoms with Crippen molar-refractivity contribution in [3.05, 3.63) is 58.3 Å². The molecule has 0 radical (unpaired) electrons. The molecule has 0 saturated carbocycles. The van der Waals surface area contributed by atoms with Crippen molar-refractivity contribution in [2.75, 3.05) is 73.7 Å². The Labute approximate surface area is 264 Å². The zero-order valence-electron chi connectivity index (χ0n) is 28.6. The Balaban J connectivity index is 0.00000169. The molecule has 1 aliphatic rings. The lowest BCUT2D eigenvalue weighted by molar-refractivity contribution is 0.277.